The van der Waals surface area contributed by atoms with Gasteiger partial charge in [0.05, 0.1) is 5.60 Å². The van der Waals surface area contributed by atoms with Crippen molar-refractivity contribution in [2.24, 2.45) is 17.8 Å². The molecule has 1 heterocycles. The van der Waals surface area contributed by atoms with Gasteiger partial charge in [-0.15, -0.1) is 0 Å². The maximum absolute atomic E-state index is 12.8. The number of Topliss-reactive ketones (excluding diaryl/α,β-unsaturated/α-hetero) is 1. The SMILES string of the molecule is CC1CCCC(C(=O)C2CCOC3(CCCC3)C2)C1. The summed E-state index contributed by atoms with van der Waals surface area (Å²) >= 11 is 0. The molecular formula is C17H28O2. The first-order chi connectivity index (χ1) is 9.19. The summed E-state index contributed by atoms with van der Waals surface area (Å²) in [6, 6.07) is 0. The minimum atomic E-state index is 0.0961. The largest absolute Gasteiger partial charge is 0.375 e. The molecule has 108 valence electrons. The highest BCUT2D eigenvalue weighted by molar-refractivity contribution is 5.83. The zero-order valence-corrected chi connectivity index (χ0v) is 12.3. The van der Waals surface area contributed by atoms with Crippen LogP contribution in [-0.4, -0.2) is 18.0 Å². The molecule has 0 bridgehead atoms. The first kappa shape index (κ1) is 13.6. The lowest BCUT2D eigenvalue weighted by molar-refractivity contribution is -0.141. The minimum absolute atomic E-state index is 0.0961. The zero-order chi connectivity index (χ0) is 13.3. The number of carbonyl (C=O) groups is 1. The van der Waals surface area contributed by atoms with Gasteiger partial charge >= 0.3 is 0 Å². The van der Waals surface area contributed by atoms with Gasteiger partial charge in [-0.2, -0.15) is 0 Å². The maximum atomic E-state index is 12.8. The van der Waals surface area contributed by atoms with E-state index >= 15 is 0 Å². The van der Waals surface area contributed by atoms with Gasteiger partial charge in [-0.05, 0) is 44.4 Å². The van der Waals surface area contributed by atoms with E-state index in [9.17, 15) is 4.79 Å². The predicted octanol–water partition coefficient (Wildman–Crippen LogP) is 4.12. The highest BCUT2D eigenvalue weighted by Crippen LogP contribution is 2.43. The Bertz CT molecular complexity index is 330. The van der Waals surface area contributed by atoms with Gasteiger partial charge < -0.3 is 4.74 Å². The maximum Gasteiger partial charge on any atom is 0.139 e. The molecule has 0 aromatic rings. The molecule has 2 nitrogen and oxygen atoms in total. The van der Waals surface area contributed by atoms with E-state index in [1.165, 1.54) is 38.5 Å². The summed E-state index contributed by atoms with van der Waals surface area (Å²) in [6.45, 7) is 3.13. The van der Waals surface area contributed by atoms with Crippen LogP contribution in [0.4, 0.5) is 0 Å². The van der Waals surface area contributed by atoms with Crippen molar-refractivity contribution in [1.29, 1.82) is 0 Å². The molecule has 0 aromatic carbocycles. The second kappa shape index (κ2) is 5.55. The molecule has 0 aromatic heterocycles. The van der Waals surface area contributed by atoms with Gasteiger partial charge in [0, 0.05) is 18.4 Å². The Labute approximate surface area is 117 Å². The minimum Gasteiger partial charge on any atom is -0.375 e. The van der Waals surface area contributed by atoms with Crippen molar-refractivity contribution < 1.29 is 9.53 Å². The smallest absolute Gasteiger partial charge is 0.139 e. The molecule has 1 saturated heterocycles. The van der Waals surface area contributed by atoms with E-state index in [4.69, 9.17) is 4.74 Å². The van der Waals surface area contributed by atoms with Gasteiger partial charge in [-0.1, -0.05) is 32.6 Å². The third kappa shape index (κ3) is 2.89. The van der Waals surface area contributed by atoms with E-state index in [1.807, 2.05) is 0 Å². The first-order valence-corrected chi connectivity index (χ1v) is 8.36. The molecule has 3 unspecified atom stereocenters. The molecule has 3 atom stereocenters. The lowest BCUT2D eigenvalue weighted by Crippen LogP contribution is -2.41. The monoisotopic (exact) mass is 264 g/mol. The average Bonchev–Trinajstić information content (AvgIpc) is 2.86. The van der Waals surface area contributed by atoms with Gasteiger partial charge in [0.2, 0.25) is 0 Å². The molecule has 1 aliphatic heterocycles. The molecule has 0 N–H and O–H groups in total. The fraction of sp³-hybridized carbons (Fsp3) is 0.941. The molecule has 2 heteroatoms. The fourth-order valence-electron chi connectivity index (χ4n) is 4.66. The number of hydrogen-bond acceptors (Lipinski definition) is 2. The standard InChI is InChI=1S/C17H28O2/c1-13-5-4-6-14(11-13)16(18)15-7-10-19-17(12-15)8-2-3-9-17/h13-15H,2-12H2,1H3. The summed E-state index contributed by atoms with van der Waals surface area (Å²) in [5.74, 6) is 2.01. The van der Waals surface area contributed by atoms with Gasteiger partial charge in [0.15, 0.2) is 0 Å². The van der Waals surface area contributed by atoms with E-state index in [0.29, 0.717) is 17.6 Å². The highest BCUT2D eigenvalue weighted by atomic mass is 16.5. The van der Waals surface area contributed by atoms with Crippen LogP contribution in [0.15, 0.2) is 0 Å². The van der Waals surface area contributed by atoms with Crippen molar-refractivity contribution in [3.05, 3.63) is 0 Å². The van der Waals surface area contributed by atoms with E-state index in [1.54, 1.807) is 0 Å². The van der Waals surface area contributed by atoms with Crippen LogP contribution in [0.5, 0.6) is 0 Å². The van der Waals surface area contributed by atoms with Gasteiger partial charge in [0.1, 0.15) is 5.78 Å². The fourth-order valence-corrected chi connectivity index (χ4v) is 4.66. The second-order valence-corrected chi connectivity index (χ2v) is 7.30. The summed E-state index contributed by atoms with van der Waals surface area (Å²) in [6.07, 6.45) is 11.8. The van der Waals surface area contributed by atoms with Gasteiger partial charge in [0.25, 0.3) is 0 Å². The van der Waals surface area contributed by atoms with Crippen LogP contribution in [0.3, 0.4) is 0 Å². The van der Waals surface area contributed by atoms with E-state index in [0.717, 1.165) is 38.2 Å². The molecule has 3 aliphatic rings. The normalized spacial score (nSPS) is 38.5. The lowest BCUT2D eigenvalue weighted by Gasteiger charge is -2.39. The quantitative estimate of drug-likeness (QED) is 0.750. The summed E-state index contributed by atoms with van der Waals surface area (Å²) in [5.41, 5.74) is 0.0961. The van der Waals surface area contributed by atoms with E-state index in [-0.39, 0.29) is 5.60 Å². The van der Waals surface area contributed by atoms with Crippen molar-refractivity contribution >= 4 is 5.78 Å². The molecule has 19 heavy (non-hydrogen) atoms. The van der Waals surface area contributed by atoms with Gasteiger partial charge in [-0.3, -0.25) is 4.79 Å². The summed E-state index contributed by atoms with van der Waals surface area (Å²) in [4.78, 5) is 12.8. The molecule has 3 fully saturated rings. The van der Waals surface area contributed by atoms with Crippen molar-refractivity contribution in [2.75, 3.05) is 6.61 Å². The Morgan fingerprint density at radius 2 is 1.84 bits per heavy atom. The molecular weight excluding hydrogens is 236 g/mol. The van der Waals surface area contributed by atoms with Crippen LogP contribution in [-0.2, 0) is 9.53 Å². The predicted molar refractivity (Wildman–Crippen MR) is 76.0 cm³/mol. The molecule has 2 aliphatic carbocycles. The van der Waals surface area contributed by atoms with Crippen LogP contribution >= 0.6 is 0 Å². The Hall–Kier alpha value is -0.370. The number of ketones is 1. The Kier molecular flexibility index (Phi) is 3.98. The number of carbonyl (C=O) groups excluding carboxylic acids is 1. The number of rotatable bonds is 2. The summed E-state index contributed by atoms with van der Waals surface area (Å²) in [5, 5.41) is 0. The number of ether oxygens (including phenoxy) is 1. The molecule has 2 saturated carbocycles. The van der Waals surface area contributed by atoms with Crippen molar-refractivity contribution in [1.82, 2.24) is 0 Å². The average molecular weight is 264 g/mol. The first-order valence-electron chi connectivity index (χ1n) is 8.36. The summed E-state index contributed by atoms with van der Waals surface area (Å²) < 4.78 is 6.06. The van der Waals surface area contributed by atoms with Crippen molar-refractivity contribution in [2.45, 2.75) is 76.7 Å². The Morgan fingerprint density at radius 1 is 1.05 bits per heavy atom. The topological polar surface area (TPSA) is 26.3 Å². The van der Waals surface area contributed by atoms with Crippen molar-refractivity contribution in [3.63, 3.8) is 0 Å². The molecule has 0 radical (unpaired) electrons. The van der Waals surface area contributed by atoms with Crippen LogP contribution in [0.25, 0.3) is 0 Å². The van der Waals surface area contributed by atoms with Crippen LogP contribution in [0.2, 0.25) is 0 Å². The second-order valence-electron chi connectivity index (χ2n) is 7.30. The Balaban J connectivity index is 1.62. The molecule has 1 spiro atoms. The third-order valence-electron chi connectivity index (χ3n) is 5.75. The number of hydrogen-bond donors (Lipinski definition) is 0. The third-order valence-corrected chi connectivity index (χ3v) is 5.75. The zero-order valence-electron chi connectivity index (χ0n) is 12.3. The lowest BCUT2D eigenvalue weighted by atomic mass is 9.73. The van der Waals surface area contributed by atoms with Crippen molar-refractivity contribution in [3.8, 4) is 0 Å². The van der Waals surface area contributed by atoms with Crippen LogP contribution in [0, 0.1) is 17.8 Å². The van der Waals surface area contributed by atoms with Crippen LogP contribution in [0.1, 0.15) is 71.1 Å². The highest BCUT2D eigenvalue weighted by Gasteiger charge is 2.43. The van der Waals surface area contributed by atoms with Crippen LogP contribution < -0.4 is 0 Å². The van der Waals surface area contributed by atoms with Gasteiger partial charge in [-0.25, -0.2) is 0 Å². The molecule has 3 rings (SSSR count). The van der Waals surface area contributed by atoms with E-state index < -0.39 is 0 Å². The molecule has 0 amide bonds. The van der Waals surface area contributed by atoms with E-state index in [2.05, 4.69) is 6.92 Å². The Morgan fingerprint density at radius 3 is 2.58 bits per heavy atom. The summed E-state index contributed by atoms with van der Waals surface area (Å²) in [7, 11) is 0.